The number of carbonyl (C=O) groups is 1. The fraction of sp³-hybridized carbons (Fsp3) is 0.538. The Hall–Kier alpha value is -2.13. The molecule has 0 aliphatic heterocycles. The summed E-state index contributed by atoms with van der Waals surface area (Å²) in [6.07, 6.45) is 10.6. The third-order valence-corrected chi connectivity index (χ3v) is 5.99. The number of aryl methyl sites for hydroxylation is 2. The van der Waals surface area contributed by atoms with Crippen LogP contribution in [0.15, 0.2) is 23.3 Å². The zero-order valence-corrected chi connectivity index (χ0v) is 21.3. The van der Waals surface area contributed by atoms with E-state index in [1.54, 1.807) is 10.9 Å². The lowest BCUT2D eigenvalue weighted by molar-refractivity contribution is 0.0525. The number of aromatic nitrogens is 1. The second-order valence-corrected chi connectivity index (χ2v) is 8.80. The minimum Gasteiger partial charge on any atom is -0.507 e. The molecule has 5 nitrogen and oxygen atoms in total. The molecule has 0 radical (unpaired) electrons. The third-order valence-electron chi connectivity index (χ3n) is 5.57. The number of ether oxygens (including phenoxy) is 1. The lowest BCUT2D eigenvalue weighted by Crippen LogP contribution is -2.11. The minimum absolute atomic E-state index is 0.306. The van der Waals surface area contributed by atoms with Crippen molar-refractivity contribution in [1.82, 2.24) is 4.68 Å². The van der Waals surface area contributed by atoms with E-state index in [1.165, 1.54) is 5.56 Å². The number of phenols is 1. The number of hydrogen-bond donors (Lipinski definition) is 1. The maximum atomic E-state index is 12.5. The Morgan fingerprint density at radius 3 is 2.34 bits per heavy atom. The molecule has 1 atom stereocenters. The van der Waals surface area contributed by atoms with Crippen molar-refractivity contribution in [2.45, 2.75) is 85.5 Å². The number of rotatable bonds is 13. The predicted octanol–water partition coefficient (Wildman–Crippen LogP) is 5.78. The molecule has 1 aromatic carbocycles. The van der Waals surface area contributed by atoms with Crippen molar-refractivity contribution in [2.24, 2.45) is 5.10 Å². The molecule has 1 aromatic heterocycles. The molecule has 0 amide bonds. The molecule has 1 unspecified atom stereocenters. The Morgan fingerprint density at radius 1 is 1.03 bits per heavy atom. The Balaban J connectivity index is 2.47. The monoisotopic (exact) mass is 458 g/mol. The zero-order valence-electron chi connectivity index (χ0n) is 20.1. The summed E-state index contributed by atoms with van der Waals surface area (Å²) in [7, 11) is 2.66. The standard InChI is InChI=1S/C26H39N2O3P/c1-5-9-12-19-15-20(13-10-6-2)25(29)21(16-19)18-27-28-23(14-11-7-3)22(17-24(28)32)26(30)31-8-4/h15-18,29H,5-14,32H2,1-4H3/b27-18+. The van der Waals surface area contributed by atoms with Crippen LogP contribution in [0.2, 0.25) is 0 Å². The summed E-state index contributed by atoms with van der Waals surface area (Å²) >= 11 is 0. The van der Waals surface area contributed by atoms with E-state index in [0.717, 1.165) is 80.0 Å². The van der Waals surface area contributed by atoms with Crippen molar-refractivity contribution in [3.05, 3.63) is 46.1 Å². The van der Waals surface area contributed by atoms with Gasteiger partial charge in [0, 0.05) is 5.56 Å². The number of nitrogens with zero attached hydrogens (tertiary/aromatic N) is 2. The number of esters is 1. The summed E-state index contributed by atoms with van der Waals surface area (Å²) in [6.45, 7) is 8.62. The zero-order chi connectivity index (χ0) is 23.5. The predicted molar refractivity (Wildman–Crippen MR) is 137 cm³/mol. The van der Waals surface area contributed by atoms with E-state index in [4.69, 9.17) is 9.84 Å². The van der Waals surface area contributed by atoms with Crippen LogP contribution < -0.4 is 5.44 Å². The smallest absolute Gasteiger partial charge is 0.340 e. The topological polar surface area (TPSA) is 63.8 Å². The van der Waals surface area contributed by atoms with Gasteiger partial charge < -0.3 is 9.84 Å². The maximum Gasteiger partial charge on any atom is 0.340 e. The fourth-order valence-electron chi connectivity index (χ4n) is 3.76. The molecule has 2 rings (SSSR count). The van der Waals surface area contributed by atoms with Crippen molar-refractivity contribution in [1.29, 1.82) is 0 Å². The first-order valence-electron chi connectivity index (χ1n) is 12.0. The van der Waals surface area contributed by atoms with E-state index >= 15 is 0 Å². The molecule has 2 aromatic rings. The molecule has 0 saturated heterocycles. The van der Waals surface area contributed by atoms with Crippen LogP contribution in [0.4, 0.5) is 0 Å². The highest BCUT2D eigenvalue weighted by Crippen LogP contribution is 2.26. The van der Waals surface area contributed by atoms with E-state index < -0.39 is 0 Å². The molecule has 0 aliphatic rings. The van der Waals surface area contributed by atoms with Crippen LogP contribution in [0.3, 0.4) is 0 Å². The van der Waals surface area contributed by atoms with Crippen molar-refractivity contribution in [3.8, 4) is 5.75 Å². The second-order valence-electron chi connectivity index (χ2n) is 8.21. The van der Waals surface area contributed by atoms with Gasteiger partial charge in [0.25, 0.3) is 0 Å². The first kappa shape index (κ1) is 26.1. The average Bonchev–Trinajstić information content (AvgIpc) is 3.10. The normalized spacial score (nSPS) is 11.4. The van der Waals surface area contributed by atoms with Gasteiger partial charge in [0.1, 0.15) is 5.75 Å². The summed E-state index contributed by atoms with van der Waals surface area (Å²) < 4.78 is 7.04. The van der Waals surface area contributed by atoms with Gasteiger partial charge in [0.15, 0.2) is 0 Å². The first-order valence-corrected chi connectivity index (χ1v) is 12.6. The number of benzene rings is 1. The summed E-state index contributed by atoms with van der Waals surface area (Å²) in [4.78, 5) is 12.5. The SMILES string of the molecule is CCCCc1cc(/C=N/n2c(P)cc(C(=O)OCC)c2CCCC)c(O)c(CCCC)c1. The molecule has 1 N–H and O–H groups in total. The Bertz CT molecular complexity index is 918. The summed E-state index contributed by atoms with van der Waals surface area (Å²) in [5.74, 6) is -0.0110. The van der Waals surface area contributed by atoms with E-state index in [0.29, 0.717) is 17.9 Å². The summed E-state index contributed by atoms with van der Waals surface area (Å²) in [6, 6.07) is 5.99. The first-order chi connectivity index (χ1) is 15.5. The molecular weight excluding hydrogens is 419 g/mol. The van der Waals surface area contributed by atoms with Crippen molar-refractivity contribution in [2.75, 3.05) is 6.61 Å². The van der Waals surface area contributed by atoms with E-state index in [1.807, 2.05) is 19.1 Å². The Morgan fingerprint density at radius 2 is 1.69 bits per heavy atom. The van der Waals surface area contributed by atoms with Gasteiger partial charge in [-0.05, 0) is 68.7 Å². The molecule has 0 bridgehead atoms. The van der Waals surface area contributed by atoms with E-state index in [-0.39, 0.29) is 5.97 Å². The number of carbonyl (C=O) groups excluding carboxylic acids is 1. The van der Waals surface area contributed by atoms with Crippen LogP contribution >= 0.6 is 9.24 Å². The molecule has 0 aliphatic carbocycles. The highest BCUT2D eigenvalue weighted by molar-refractivity contribution is 7.27. The molecular formula is C26H39N2O3P. The molecule has 0 saturated carbocycles. The quantitative estimate of drug-likeness (QED) is 0.235. The van der Waals surface area contributed by atoms with Crippen molar-refractivity contribution in [3.63, 3.8) is 0 Å². The van der Waals surface area contributed by atoms with Gasteiger partial charge in [-0.2, -0.15) is 5.10 Å². The molecule has 0 spiro atoms. The minimum atomic E-state index is -0.317. The Kier molecular flexibility index (Phi) is 11.0. The Labute approximate surface area is 195 Å². The van der Waals surface area contributed by atoms with Crippen LogP contribution in [0.25, 0.3) is 0 Å². The molecule has 32 heavy (non-hydrogen) atoms. The highest BCUT2D eigenvalue weighted by Gasteiger charge is 2.19. The number of phenolic OH excluding ortho intramolecular Hbond substituents is 1. The lowest BCUT2D eigenvalue weighted by atomic mass is 9.97. The third kappa shape index (κ3) is 6.93. The van der Waals surface area contributed by atoms with Crippen LogP contribution in [0.1, 0.15) is 99.0 Å². The van der Waals surface area contributed by atoms with E-state index in [9.17, 15) is 9.90 Å². The van der Waals surface area contributed by atoms with Gasteiger partial charge in [0.2, 0.25) is 0 Å². The van der Waals surface area contributed by atoms with Crippen LogP contribution in [0, 0.1) is 0 Å². The number of aromatic hydroxyl groups is 1. The van der Waals surface area contributed by atoms with Gasteiger partial charge in [-0.1, -0.05) is 55.3 Å². The van der Waals surface area contributed by atoms with Gasteiger partial charge in [-0.3, -0.25) is 0 Å². The van der Waals surface area contributed by atoms with Gasteiger partial charge in [0.05, 0.1) is 29.5 Å². The van der Waals surface area contributed by atoms with Crippen LogP contribution in [-0.4, -0.2) is 28.6 Å². The van der Waals surface area contributed by atoms with Crippen LogP contribution in [0.5, 0.6) is 5.75 Å². The summed E-state index contributed by atoms with van der Waals surface area (Å²) in [5, 5.41) is 15.6. The van der Waals surface area contributed by atoms with Crippen molar-refractivity contribution < 1.29 is 14.6 Å². The second kappa shape index (κ2) is 13.4. The molecule has 1 heterocycles. The molecule has 0 fully saturated rings. The average molecular weight is 459 g/mol. The number of unbranched alkanes of at least 4 members (excludes halogenated alkanes) is 3. The van der Waals surface area contributed by atoms with Gasteiger partial charge in [-0.25, -0.2) is 9.47 Å². The summed E-state index contributed by atoms with van der Waals surface area (Å²) in [5.41, 5.74) is 5.14. The number of hydrogen-bond acceptors (Lipinski definition) is 4. The fourth-order valence-corrected chi connectivity index (χ4v) is 4.15. The van der Waals surface area contributed by atoms with Crippen LogP contribution in [-0.2, 0) is 24.0 Å². The maximum absolute atomic E-state index is 12.5. The molecule has 176 valence electrons. The highest BCUT2D eigenvalue weighted by atomic mass is 31.0. The largest absolute Gasteiger partial charge is 0.507 e. The van der Waals surface area contributed by atoms with Gasteiger partial charge in [-0.15, -0.1) is 0 Å². The lowest BCUT2D eigenvalue weighted by Gasteiger charge is -2.12. The molecule has 6 heteroatoms. The van der Waals surface area contributed by atoms with Crippen molar-refractivity contribution >= 4 is 26.9 Å². The van der Waals surface area contributed by atoms with E-state index in [2.05, 4.69) is 36.1 Å². The van der Waals surface area contributed by atoms with Gasteiger partial charge >= 0.3 is 5.97 Å².